The normalized spacial score (nSPS) is 19.6. The van der Waals surface area contributed by atoms with Crippen LogP contribution in [0.3, 0.4) is 0 Å². The number of nitrogens with one attached hydrogen (secondary N) is 1. The Morgan fingerprint density at radius 1 is 1.19 bits per heavy atom. The number of benzene rings is 2. The average Bonchev–Trinajstić information content (AvgIpc) is 2.69. The largest absolute Gasteiger partial charge is 0.507 e. The molecule has 2 aromatic rings. The van der Waals surface area contributed by atoms with Gasteiger partial charge in [-0.25, -0.2) is 0 Å². The lowest BCUT2D eigenvalue weighted by Gasteiger charge is -2.37. The fourth-order valence-electron chi connectivity index (χ4n) is 3.17. The van der Waals surface area contributed by atoms with Gasteiger partial charge >= 0.3 is 0 Å². The lowest BCUT2D eigenvalue weighted by Crippen LogP contribution is -2.46. The highest BCUT2D eigenvalue weighted by Crippen LogP contribution is 2.29. The zero-order chi connectivity index (χ0) is 19.4. The minimum Gasteiger partial charge on any atom is -0.507 e. The molecule has 0 aliphatic carbocycles. The molecule has 0 spiro atoms. The van der Waals surface area contributed by atoms with Gasteiger partial charge in [-0.05, 0) is 30.7 Å². The lowest BCUT2D eigenvalue weighted by molar-refractivity contribution is -0.115. The number of aromatic hydroxyl groups is 1. The molecule has 0 aromatic heterocycles. The van der Waals surface area contributed by atoms with Crippen molar-refractivity contribution in [2.75, 3.05) is 18.4 Å². The van der Waals surface area contributed by atoms with Crippen LogP contribution in [0.25, 0.3) is 0 Å². The van der Waals surface area contributed by atoms with Crippen molar-refractivity contribution >= 4 is 17.5 Å². The Balaban J connectivity index is 1.82. The third kappa shape index (κ3) is 4.46. The highest BCUT2D eigenvalue weighted by Gasteiger charge is 2.31. The molecule has 6 nitrogen and oxygen atoms in total. The van der Waals surface area contributed by atoms with Crippen LogP contribution in [-0.2, 0) is 9.53 Å². The molecule has 0 bridgehead atoms. The molecule has 1 fully saturated rings. The second kappa shape index (κ2) is 8.22. The minimum absolute atomic E-state index is 0.107. The SMILES string of the molecule is CCC(=O)Nc1ccc(O)c(C(=O)N2C[C@@H](c3ccccc3)O[C@@H](C)C2)c1. The van der Waals surface area contributed by atoms with Crippen LogP contribution < -0.4 is 5.32 Å². The van der Waals surface area contributed by atoms with Crippen LogP contribution in [0, 0.1) is 0 Å². The van der Waals surface area contributed by atoms with Gasteiger partial charge in [0, 0.05) is 18.7 Å². The van der Waals surface area contributed by atoms with Gasteiger partial charge < -0.3 is 20.1 Å². The number of hydrogen-bond acceptors (Lipinski definition) is 4. The van der Waals surface area contributed by atoms with Crippen LogP contribution in [-0.4, -0.2) is 41.0 Å². The molecular weight excluding hydrogens is 344 g/mol. The fraction of sp³-hybridized carbons (Fsp3) is 0.333. The Kier molecular flexibility index (Phi) is 5.76. The number of rotatable bonds is 4. The molecule has 3 rings (SSSR count). The summed E-state index contributed by atoms with van der Waals surface area (Å²) in [7, 11) is 0. The average molecular weight is 368 g/mol. The first kappa shape index (κ1) is 18.9. The van der Waals surface area contributed by atoms with Crippen molar-refractivity contribution in [3.05, 3.63) is 59.7 Å². The zero-order valence-corrected chi connectivity index (χ0v) is 15.5. The fourth-order valence-corrected chi connectivity index (χ4v) is 3.17. The number of amides is 2. The van der Waals surface area contributed by atoms with Crippen molar-refractivity contribution in [2.45, 2.75) is 32.5 Å². The molecule has 0 radical (unpaired) electrons. The Bertz CT molecular complexity index is 822. The summed E-state index contributed by atoms with van der Waals surface area (Å²) in [6, 6.07) is 14.3. The minimum atomic E-state index is -0.281. The summed E-state index contributed by atoms with van der Waals surface area (Å²) in [4.78, 5) is 26.3. The van der Waals surface area contributed by atoms with Crippen molar-refractivity contribution < 1.29 is 19.4 Å². The molecule has 6 heteroatoms. The standard InChI is InChI=1S/C21H24N2O4/c1-3-20(25)22-16-9-10-18(24)17(11-16)21(26)23-12-14(2)27-19(13-23)15-7-5-4-6-8-15/h4-11,14,19,24H,3,12-13H2,1-2H3,(H,22,25)/t14-,19-/m0/s1. The van der Waals surface area contributed by atoms with E-state index in [2.05, 4.69) is 5.32 Å². The van der Waals surface area contributed by atoms with Gasteiger partial charge in [0.25, 0.3) is 5.91 Å². The molecule has 1 heterocycles. The number of phenolic OH excluding ortho intramolecular Hbond substituents is 1. The smallest absolute Gasteiger partial charge is 0.257 e. The van der Waals surface area contributed by atoms with E-state index in [4.69, 9.17) is 4.74 Å². The van der Waals surface area contributed by atoms with E-state index in [1.165, 1.54) is 12.1 Å². The van der Waals surface area contributed by atoms with Crippen LogP contribution >= 0.6 is 0 Å². The van der Waals surface area contributed by atoms with E-state index in [-0.39, 0.29) is 35.3 Å². The summed E-state index contributed by atoms with van der Waals surface area (Å²) in [6.07, 6.45) is -0.00814. The number of ether oxygens (including phenoxy) is 1. The Morgan fingerprint density at radius 2 is 1.93 bits per heavy atom. The van der Waals surface area contributed by atoms with E-state index in [0.717, 1.165) is 5.56 Å². The van der Waals surface area contributed by atoms with Crippen LogP contribution in [0.1, 0.15) is 42.3 Å². The summed E-state index contributed by atoms with van der Waals surface area (Å²) in [6.45, 7) is 4.51. The first-order valence-electron chi connectivity index (χ1n) is 9.10. The highest BCUT2D eigenvalue weighted by molar-refractivity contribution is 5.99. The molecule has 2 atom stereocenters. The first-order valence-corrected chi connectivity index (χ1v) is 9.10. The van der Waals surface area contributed by atoms with E-state index < -0.39 is 0 Å². The Hall–Kier alpha value is -2.86. The predicted octanol–water partition coefficient (Wildman–Crippen LogP) is 3.34. The second-order valence-corrected chi connectivity index (χ2v) is 6.69. The third-order valence-corrected chi connectivity index (χ3v) is 4.55. The summed E-state index contributed by atoms with van der Waals surface area (Å²) in [5.74, 6) is -0.538. The molecule has 2 amide bonds. The van der Waals surface area contributed by atoms with E-state index in [1.807, 2.05) is 37.3 Å². The molecule has 1 saturated heterocycles. The topological polar surface area (TPSA) is 78.9 Å². The lowest BCUT2D eigenvalue weighted by atomic mass is 10.0. The van der Waals surface area contributed by atoms with Crippen molar-refractivity contribution in [3.63, 3.8) is 0 Å². The van der Waals surface area contributed by atoms with Gasteiger partial charge in [-0.15, -0.1) is 0 Å². The summed E-state index contributed by atoms with van der Waals surface area (Å²) in [5, 5.41) is 12.9. The van der Waals surface area contributed by atoms with E-state index in [9.17, 15) is 14.7 Å². The van der Waals surface area contributed by atoms with E-state index in [1.54, 1.807) is 17.9 Å². The van der Waals surface area contributed by atoms with Gasteiger partial charge in [0.2, 0.25) is 5.91 Å². The molecule has 2 aromatic carbocycles. The molecular formula is C21H24N2O4. The van der Waals surface area contributed by atoms with Gasteiger partial charge in [0.05, 0.1) is 18.2 Å². The van der Waals surface area contributed by atoms with E-state index >= 15 is 0 Å². The molecule has 0 unspecified atom stereocenters. The van der Waals surface area contributed by atoms with Crippen molar-refractivity contribution in [1.82, 2.24) is 4.90 Å². The number of morpholine rings is 1. The maximum atomic E-state index is 13.0. The van der Waals surface area contributed by atoms with Gasteiger partial charge in [-0.1, -0.05) is 37.3 Å². The number of anilines is 1. The number of nitrogens with zero attached hydrogens (tertiary/aromatic N) is 1. The molecule has 1 aliphatic heterocycles. The number of hydrogen-bond donors (Lipinski definition) is 2. The number of phenols is 1. The molecule has 27 heavy (non-hydrogen) atoms. The quantitative estimate of drug-likeness (QED) is 0.811. The summed E-state index contributed by atoms with van der Waals surface area (Å²) in [5.41, 5.74) is 1.67. The maximum Gasteiger partial charge on any atom is 0.257 e. The molecule has 0 saturated carbocycles. The molecule has 2 N–H and O–H groups in total. The summed E-state index contributed by atoms with van der Waals surface area (Å²) < 4.78 is 6.00. The van der Waals surface area contributed by atoms with Crippen LogP contribution in [0.15, 0.2) is 48.5 Å². The van der Waals surface area contributed by atoms with Gasteiger partial charge in [0.1, 0.15) is 11.9 Å². The number of carbonyl (C=O) groups excluding carboxylic acids is 2. The van der Waals surface area contributed by atoms with Crippen molar-refractivity contribution in [1.29, 1.82) is 0 Å². The molecule has 1 aliphatic rings. The zero-order valence-electron chi connectivity index (χ0n) is 15.5. The van der Waals surface area contributed by atoms with Gasteiger partial charge in [-0.3, -0.25) is 9.59 Å². The predicted molar refractivity (Wildman–Crippen MR) is 103 cm³/mol. The second-order valence-electron chi connectivity index (χ2n) is 6.69. The third-order valence-electron chi connectivity index (χ3n) is 4.55. The highest BCUT2D eigenvalue weighted by atomic mass is 16.5. The van der Waals surface area contributed by atoms with Gasteiger partial charge in [-0.2, -0.15) is 0 Å². The van der Waals surface area contributed by atoms with Crippen molar-refractivity contribution in [3.8, 4) is 5.75 Å². The summed E-state index contributed by atoms with van der Waals surface area (Å²) >= 11 is 0. The maximum absolute atomic E-state index is 13.0. The van der Waals surface area contributed by atoms with Crippen LogP contribution in [0.5, 0.6) is 5.75 Å². The van der Waals surface area contributed by atoms with Crippen molar-refractivity contribution in [2.24, 2.45) is 0 Å². The molecule has 142 valence electrons. The number of carbonyl (C=O) groups is 2. The van der Waals surface area contributed by atoms with Gasteiger partial charge in [0.15, 0.2) is 0 Å². The van der Waals surface area contributed by atoms with Crippen LogP contribution in [0.4, 0.5) is 5.69 Å². The van der Waals surface area contributed by atoms with E-state index in [0.29, 0.717) is 25.2 Å². The monoisotopic (exact) mass is 368 g/mol. The Labute approximate surface area is 158 Å². The first-order chi connectivity index (χ1) is 13.0. The van der Waals surface area contributed by atoms with Crippen LogP contribution in [0.2, 0.25) is 0 Å². The Morgan fingerprint density at radius 3 is 2.63 bits per heavy atom.